The molecule has 0 radical (unpaired) electrons. The van der Waals surface area contributed by atoms with E-state index in [1.54, 1.807) is 0 Å². The van der Waals surface area contributed by atoms with E-state index in [4.69, 9.17) is 17.4 Å². The van der Waals surface area contributed by atoms with Crippen LogP contribution in [0.1, 0.15) is 5.56 Å². The highest BCUT2D eigenvalue weighted by atomic mass is 35.5. The minimum absolute atomic E-state index is 0.399. The Morgan fingerprint density at radius 2 is 1.62 bits per heavy atom. The van der Waals surface area contributed by atoms with Gasteiger partial charge in [0.1, 0.15) is 5.82 Å². The summed E-state index contributed by atoms with van der Waals surface area (Å²) in [6, 6.07) is 1.09. The molecule has 0 heterocycles. The predicted molar refractivity (Wildman–Crippen MR) is 61.8 cm³/mol. The van der Waals surface area contributed by atoms with Crippen molar-refractivity contribution in [3.63, 3.8) is 0 Å². The number of hydrogen-bond donors (Lipinski definition) is 2. The molecule has 3 N–H and O–H groups in total. The molecule has 0 saturated heterocycles. The highest BCUT2D eigenvalue weighted by Gasteiger charge is 2.60. The molecule has 0 aliphatic heterocycles. The van der Waals surface area contributed by atoms with Crippen molar-refractivity contribution in [2.75, 3.05) is 0 Å². The van der Waals surface area contributed by atoms with Crippen molar-refractivity contribution in [3.8, 4) is 0 Å². The Morgan fingerprint density at radius 3 is 2.05 bits per heavy atom. The van der Waals surface area contributed by atoms with E-state index < -0.39 is 47.1 Å². The molecule has 1 aromatic rings. The summed E-state index contributed by atoms with van der Waals surface area (Å²) in [7, 11) is 0. The Bertz CT molecular complexity index is 472. The Kier molecular flexibility index (Phi) is 5.46. The third-order valence-electron chi connectivity index (χ3n) is 2.79. The van der Waals surface area contributed by atoms with Gasteiger partial charge in [0.15, 0.2) is 5.92 Å². The fraction of sp³-hybridized carbons (Fsp3) is 0.455. The SMILES string of the molecule is NNC(Cc1cccc(Cl)c1F)C(C(F)(F)F)C(F)(F)F. The van der Waals surface area contributed by atoms with Crippen LogP contribution in [0.2, 0.25) is 5.02 Å². The van der Waals surface area contributed by atoms with E-state index in [0.717, 1.165) is 12.1 Å². The van der Waals surface area contributed by atoms with Crippen LogP contribution in [0.3, 0.4) is 0 Å². The lowest BCUT2D eigenvalue weighted by Crippen LogP contribution is -2.54. The number of hydrazine groups is 1. The van der Waals surface area contributed by atoms with Crippen LogP contribution in [-0.4, -0.2) is 18.4 Å². The quantitative estimate of drug-likeness (QED) is 0.500. The Labute approximate surface area is 120 Å². The number of hydrogen-bond acceptors (Lipinski definition) is 2. The molecule has 10 heteroatoms. The van der Waals surface area contributed by atoms with Crippen LogP contribution in [0.5, 0.6) is 0 Å². The molecule has 0 aliphatic carbocycles. The summed E-state index contributed by atoms with van der Waals surface area (Å²) in [6.07, 6.45) is -12.1. The van der Waals surface area contributed by atoms with Crippen LogP contribution in [0, 0.1) is 11.7 Å². The smallest absolute Gasteiger partial charge is 0.271 e. The normalized spacial score (nSPS) is 14.6. The largest absolute Gasteiger partial charge is 0.402 e. The third kappa shape index (κ3) is 4.45. The van der Waals surface area contributed by atoms with Crippen LogP contribution in [-0.2, 0) is 6.42 Å². The average molecular weight is 339 g/mol. The van der Waals surface area contributed by atoms with Crippen molar-refractivity contribution in [1.82, 2.24) is 5.43 Å². The van der Waals surface area contributed by atoms with Crippen molar-refractivity contribution < 1.29 is 30.7 Å². The van der Waals surface area contributed by atoms with Crippen molar-refractivity contribution in [1.29, 1.82) is 0 Å². The average Bonchev–Trinajstić information content (AvgIpc) is 2.30. The highest BCUT2D eigenvalue weighted by molar-refractivity contribution is 6.30. The van der Waals surface area contributed by atoms with Crippen LogP contribution >= 0.6 is 11.6 Å². The van der Waals surface area contributed by atoms with Crippen molar-refractivity contribution >= 4 is 11.6 Å². The molecule has 0 saturated carbocycles. The first-order valence-electron chi connectivity index (χ1n) is 5.51. The van der Waals surface area contributed by atoms with Gasteiger partial charge in [-0.15, -0.1) is 0 Å². The van der Waals surface area contributed by atoms with Gasteiger partial charge in [-0.25, -0.2) is 4.39 Å². The maximum Gasteiger partial charge on any atom is 0.402 e. The molecular formula is C11H10ClF7N2. The molecule has 2 nitrogen and oxygen atoms in total. The number of benzene rings is 1. The van der Waals surface area contributed by atoms with E-state index in [1.807, 2.05) is 0 Å². The van der Waals surface area contributed by atoms with Gasteiger partial charge in [0.2, 0.25) is 0 Å². The van der Waals surface area contributed by atoms with Gasteiger partial charge in [-0.3, -0.25) is 11.3 Å². The molecule has 0 aliphatic rings. The lowest BCUT2D eigenvalue weighted by atomic mass is 9.92. The molecule has 1 rings (SSSR count). The predicted octanol–water partition coefficient (Wildman–Crippen LogP) is 3.59. The van der Waals surface area contributed by atoms with E-state index in [0.29, 0.717) is 0 Å². The van der Waals surface area contributed by atoms with Crippen LogP contribution in [0.25, 0.3) is 0 Å². The summed E-state index contributed by atoms with van der Waals surface area (Å²) in [5.41, 5.74) is 1.06. The lowest BCUT2D eigenvalue weighted by Gasteiger charge is -2.30. The van der Waals surface area contributed by atoms with Gasteiger partial charge in [-0.2, -0.15) is 26.3 Å². The van der Waals surface area contributed by atoms with Gasteiger partial charge >= 0.3 is 12.4 Å². The molecule has 0 spiro atoms. The molecular weight excluding hydrogens is 329 g/mol. The Hall–Kier alpha value is -1.06. The third-order valence-corrected chi connectivity index (χ3v) is 3.09. The molecule has 1 aromatic carbocycles. The van der Waals surface area contributed by atoms with Gasteiger partial charge in [0, 0.05) is 6.04 Å². The summed E-state index contributed by atoms with van der Waals surface area (Å²) in [4.78, 5) is 0. The van der Waals surface area contributed by atoms with E-state index in [9.17, 15) is 30.7 Å². The van der Waals surface area contributed by atoms with Gasteiger partial charge in [0.25, 0.3) is 0 Å². The second-order valence-electron chi connectivity index (χ2n) is 4.25. The van der Waals surface area contributed by atoms with Crippen LogP contribution in [0.4, 0.5) is 30.7 Å². The molecule has 0 bridgehead atoms. The fourth-order valence-electron chi connectivity index (χ4n) is 1.86. The second kappa shape index (κ2) is 6.37. The molecule has 120 valence electrons. The topological polar surface area (TPSA) is 38.0 Å². The van der Waals surface area contributed by atoms with Crippen molar-refractivity contribution in [2.24, 2.45) is 11.8 Å². The van der Waals surface area contributed by atoms with Gasteiger partial charge in [0.05, 0.1) is 5.02 Å². The summed E-state index contributed by atoms with van der Waals surface area (Å²) in [5.74, 6) is -0.0118. The minimum Gasteiger partial charge on any atom is -0.271 e. The summed E-state index contributed by atoms with van der Waals surface area (Å²) in [5, 5.41) is -0.404. The fourth-order valence-corrected chi connectivity index (χ4v) is 2.05. The maximum atomic E-state index is 13.6. The molecule has 21 heavy (non-hydrogen) atoms. The van der Waals surface area contributed by atoms with Crippen molar-refractivity contribution in [2.45, 2.75) is 24.8 Å². The van der Waals surface area contributed by atoms with Crippen LogP contribution < -0.4 is 11.3 Å². The van der Waals surface area contributed by atoms with Gasteiger partial charge in [-0.05, 0) is 18.1 Å². The Morgan fingerprint density at radius 1 is 1.10 bits per heavy atom. The molecule has 0 amide bonds. The van der Waals surface area contributed by atoms with E-state index in [-0.39, 0.29) is 0 Å². The highest BCUT2D eigenvalue weighted by Crippen LogP contribution is 2.42. The van der Waals surface area contributed by atoms with E-state index >= 15 is 0 Å². The first-order valence-corrected chi connectivity index (χ1v) is 5.88. The zero-order valence-electron chi connectivity index (χ0n) is 10.2. The first kappa shape index (κ1) is 18.0. The molecule has 0 fully saturated rings. The van der Waals surface area contributed by atoms with E-state index in [1.165, 1.54) is 11.5 Å². The summed E-state index contributed by atoms with van der Waals surface area (Å²) in [6.45, 7) is 0. The van der Waals surface area contributed by atoms with E-state index in [2.05, 4.69) is 0 Å². The number of alkyl halides is 6. The van der Waals surface area contributed by atoms with Gasteiger partial charge in [-0.1, -0.05) is 23.7 Å². The minimum atomic E-state index is -5.58. The first-order chi connectivity index (χ1) is 9.48. The monoisotopic (exact) mass is 338 g/mol. The van der Waals surface area contributed by atoms with Crippen LogP contribution in [0.15, 0.2) is 18.2 Å². The lowest BCUT2D eigenvalue weighted by molar-refractivity contribution is -0.291. The summed E-state index contributed by atoms with van der Waals surface area (Å²) < 4.78 is 89.2. The zero-order chi connectivity index (χ0) is 16.4. The van der Waals surface area contributed by atoms with Gasteiger partial charge < -0.3 is 0 Å². The second-order valence-corrected chi connectivity index (χ2v) is 4.66. The standard InChI is InChI=1S/C11H10ClF7N2/c12-6-3-1-2-5(8(6)13)4-7(21-20)9(10(14,15)16)11(17,18)19/h1-3,7,9,21H,4,20H2. The Balaban J connectivity index is 3.14. The zero-order valence-corrected chi connectivity index (χ0v) is 11.0. The number of halogens is 8. The number of nitrogens with two attached hydrogens (primary N) is 1. The number of rotatable bonds is 4. The molecule has 1 unspecified atom stereocenters. The summed E-state index contributed by atoms with van der Waals surface area (Å²) >= 11 is 5.43. The van der Waals surface area contributed by atoms with Crippen molar-refractivity contribution in [3.05, 3.63) is 34.6 Å². The molecule has 1 atom stereocenters. The molecule has 0 aromatic heterocycles. The maximum absolute atomic E-state index is 13.6. The number of nitrogens with one attached hydrogen (secondary N) is 1.